The lowest BCUT2D eigenvalue weighted by atomic mass is 10.1. The van der Waals surface area contributed by atoms with Crippen LogP contribution in [-0.2, 0) is 11.2 Å². The minimum atomic E-state index is -0.747. The summed E-state index contributed by atoms with van der Waals surface area (Å²) in [5.74, 6) is -0.747. The lowest BCUT2D eigenvalue weighted by Gasteiger charge is -2.22. The lowest BCUT2D eigenvalue weighted by molar-refractivity contribution is -0.136. The number of carboxylic acid groups (broad SMARTS) is 1. The Balaban J connectivity index is 2.66. The van der Waals surface area contributed by atoms with Crippen LogP contribution in [0.4, 0.5) is 5.69 Å². The van der Waals surface area contributed by atoms with Gasteiger partial charge < -0.3 is 10.0 Å². The topological polar surface area (TPSA) is 40.5 Å². The van der Waals surface area contributed by atoms with Gasteiger partial charge in [0.1, 0.15) is 0 Å². The summed E-state index contributed by atoms with van der Waals surface area (Å²) >= 11 is 0. The van der Waals surface area contributed by atoms with E-state index in [4.69, 9.17) is 5.11 Å². The van der Waals surface area contributed by atoms with Gasteiger partial charge in [0.15, 0.2) is 0 Å². The van der Waals surface area contributed by atoms with Crippen LogP contribution in [0.15, 0.2) is 24.3 Å². The Morgan fingerprint density at radius 3 is 2.31 bits per heavy atom. The van der Waals surface area contributed by atoms with E-state index in [2.05, 4.69) is 36.1 Å². The summed E-state index contributed by atoms with van der Waals surface area (Å²) in [5.41, 5.74) is 2.40. The molecule has 16 heavy (non-hydrogen) atoms. The van der Waals surface area contributed by atoms with Crippen molar-refractivity contribution >= 4 is 11.7 Å². The Morgan fingerprint density at radius 1 is 1.25 bits per heavy atom. The molecule has 0 aromatic heterocycles. The predicted molar refractivity (Wildman–Crippen MR) is 66.0 cm³/mol. The third kappa shape index (κ3) is 3.57. The first-order valence-corrected chi connectivity index (χ1v) is 5.73. The Labute approximate surface area is 96.7 Å². The fraction of sp³-hybridized carbons (Fsp3) is 0.462. The van der Waals surface area contributed by atoms with Gasteiger partial charge in [-0.25, -0.2) is 0 Å². The van der Waals surface area contributed by atoms with E-state index in [1.54, 1.807) is 0 Å². The second-order valence-electron chi connectivity index (χ2n) is 3.74. The van der Waals surface area contributed by atoms with Crippen molar-refractivity contribution in [3.8, 4) is 0 Å². The molecule has 0 aliphatic heterocycles. The summed E-state index contributed by atoms with van der Waals surface area (Å²) in [6.07, 6.45) is 1.21. The number of carbonyl (C=O) groups is 1. The van der Waals surface area contributed by atoms with E-state index >= 15 is 0 Å². The van der Waals surface area contributed by atoms with Crippen molar-refractivity contribution in [1.82, 2.24) is 0 Å². The minimum absolute atomic E-state index is 0.184. The molecule has 0 heterocycles. The number of carboxylic acids is 1. The summed E-state index contributed by atoms with van der Waals surface area (Å²) in [5, 5.41) is 8.66. The Morgan fingerprint density at radius 2 is 1.88 bits per heavy atom. The van der Waals surface area contributed by atoms with Crippen LogP contribution in [0.3, 0.4) is 0 Å². The van der Waals surface area contributed by atoms with Crippen LogP contribution in [0.25, 0.3) is 0 Å². The van der Waals surface area contributed by atoms with E-state index in [1.165, 1.54) is 5.56 Å². The van der Waals surface area contributed by atoms with Crippen molar-refractivity contribution in [2.45, 2.75) is 26.7 Å². The quantitative estimate of drug-likeness (QED) is 0.802. The Hall–Kier alpha value is -1.51. The van der Waals surface area contributed by atoms with Crippen molar-refractivity contribution < 1.29 is 9.90 Å². The summed E-state index contributed by atoms with van der Waals surface area (Å²) in [6.45, 7) is 5.56. The normalized spacial score (nSPS) is 10.1. The zero-order valence-corrected chi connectivity index (χ0v) is 9.94. The van der Waals surface area contributed by atoms with E-state index in [0.29, 0.717) is 6.54 Å². The van der Waals surface area contributed by atoms with Crippen LogP contribution in [-0.4, -0.2) is 24.2 Å². The van der Waals surface area contributed by atoms with E-state index < -0.39 is 5.97 Å². The zero-order chi connectivity index (χ0) is 12.0. The molecule has 1 rings (SSSR count). The van der Waals surface area contributed by atoms with Crippen LogP contribution >= 0.6 is 0 Å². The van der Waals surface area contributed by atoms with E-state index in [9.17, 15) is 4.79 Å². The highest BCUT2D eigenvalue weighted by Gasteiger charge is 2.06. The molecule has 0 atom stereocenters. The highest BCUT2D eigenvalue weighted by Crippen LogP contribution is 2.15. The molecule has 0 unspecified atom stereocenters. The second-order valence-corrected chi connectivity index (χ2v) is 3.74. The molecular formula is C13H19NO2. The predicted octanol–water partition coefficient (Wildman–Crippen LogP) is 2.55. The number of aryl methyl sites for hydroxylation is 1. The van der Waals surface area contributed by atoms with Crippen LogP contribution in [0, 0.1) is 0 Å². The number of benzene rings is 1. The molecule has 1 aromatic carbocycles. The zero-order valence-electron chi connectivity index (χ0n) is 9.94. The van der Waals surface area contributed by atoms with Crippen molar-refractivity contribution in [2.75, 3.05) is 18.0 Å². The van der Waals surface area contributed by atoms with Gasteiger partial charge >= 0.3 is 5.97 Å². The molecule has 88 valence electrons. The van der Waals surface area contributed by atoms with E-state index in [0.717, 1.165) is 18.7 Å². The maximum absolute atomic E-state index is 10.5. The summed E-state index contributed by atoms with van der Waals surface area (Å²) < 4.78 is 0. The van der Waals surface area contributed by atoms with Gasteiger partial charge in [0.25, 0.3) is 0 Å². The number of hydrogen-bond donors (Lipinski definition) is 1. The molecule has 3 heteroatoms. The highest BCUT2D eigenvalue weighted by atomic mass is 16.4. The molecule has 0 saturated carbocycles. The maximum atomic E-state index is 10.5. The fourth-order valence-electron chi connectivity index (χ4n) is 1.64. The molecule has 0 spiro atoms. The van der Waals surface area contributed by atoms with Gasteiger partial charge in [0, 0.05) is 18.8 Å². The average molecular weight is 221 g/mol. The lowest BCUT2D eigenvalue weighted by Crippen LogP contribution is -2.25. The molecule has 0 aliphatic rings. The first-order valence-electron chi connectivity index (χ1n) is 5.73. The molecule has 3 nitrogen and oxygen atoms in total. The number of rotatable bonds is 6. The fourth-order valence-corrected chi connectivity index (χ4v) is 1.64. The third-order valence-corrected chi connectivity index (χ3v) is 2.69. The number of anilines is 1. The molecule has 0 saturated heterocycles. The molecule has 1 aromatic rings. The summed E-state index contributed by atoms with van der Waals surface area (Å²) in [6, 6.07) is 8.31. The first-order chi connectivity index (χ1) is 7.67. The number of aliphatic carboxylic acids is 1. The van der Waals surface area contributed by atoms with Gasteiger partial charge in [-0.1, -0.05) is 19.1 Å². The number of nitrogens with zero attached hydrogens (tertiary/aromatic N) is 1. The maximum Gasteiger partial charge on any atom is 0.305 e. The van der Waals surface area contributed by atoms with Crippen molar-refractivity contribution in [1.29, 1.82) is 0 Å². The van der Waals surface area contributed by atoms with Crippen LogP contribution < -0.4 is 4.90 Å². The Bertz CT molecular complexity index is 332. The van der Waals surface area contributed by atoms with E-state index in [-0.39, 0.29) is 6.42 Å². The largest absolute Gasteiger partial charge is 0.481 e. The standard InChI is InChI=1S/C13H19NO2/c1-3-11-5-7-12(8-6-11)14(4-2)10-9-13(15)16/h5-8H,3-4,9-10H2,1-2H3,(H,15,16). The molecule has 0 bridgehead atoms. The molecule has 0 radical (unpaired) electrons. The SMILES string of the molecule is CCc1ccc(N(CC)CCC(=O)O)cc1. The van der Waals surface area contributed by atoms with Crippen molar-refractivity contribution in [3.63, 3.8) is 0 Å². The second kappa shape index (κ2) is 6.16. The van der Waals surface area contributed by atoms with Gasteiger partial charge in [-0.3, -0.25) is 4.79 Å². The average Bonchev–Trinajstić information content (AvgIpc) is 2.30. The van der Waals surface area contributed by atoms with E-state index in [1.807, 2.05) is 6.92 Å². The van der Waals surface area contributed by atoms with Crippen LogP contribution in [0.5, 0.6) is 0 Å². The van der Waals surface area contributed by atoms with Crippen LogP contribution in [0.2, 0.25) is 0 Å². The molecule has 1 N–H and O–H groups in total. The van der Waals surface area contributed by atoms with Gasteiger partial charge in [0.05, 0.1) is 6.42 Å². The van der Waals surface area contributed by atoms with Crippen LogP contribution in [0.1, 0.15) is 25.8 Å². The smallest absolute Gasteiger partial charge is 0.305 e. The molecule has 0 amide bonds. The van der Waals surface area contributed by atoms with Gasteiger partial charge in [-0.15, -0.1) is 0 Å². The van der Waals surface area contributed by atoms with Gasteiger partial charge in [-0.2, -0.15) is 0 Å². The molecular weight excluding hydrogens is 202 g/mol. The highest BCUT2D eigenvalue weighted by molar-refractivity contribution is 5.67. The summed E-state index contributed by atoms with van der Waals surface area (Å²) in [7, 11) is 0. The van der Waals surface area contributed by atoms with Crippen molar-refractivity contribution in [2.24, 2.45) is 0 Å². The third-order valence-electron chi connectivity index (χ3n) is 2.69. The van der Waals surface area contributed by atoms with Gasteiger partial charge in [-0.05, 0) is 31.0 Å². The monoisotopic (exact) mass is 221 g/mol. The van der Waals surface area contributed by atoms with Gasteiger partial charge in [0.2, 0.25) is 0 Å². The molecule has 0 aliphatic carbocycles. The minimum Gasteiger partial charge on any atom is -0.481 e. The summed E-state index contributed by atoms with van der Waals surface area (Å²) in [4.78, 5) is 12.6. The Kier molecular flexibility index (Phi) is 4.83. The number of hydrogen-bond acceptors (Lipinski definition) is 2. The first kappa shape index (κ1) is 12.6. The molecule has 0 fully saturated rings. The van der Waals surface area contributed by atoms with Crippen molar-refractivity contribution in [3.05, 3.63) is 29.8 Å².